The lowest BCUT2D eigenvalue weighted by Crippen LogP contribution is -2.26. The van der Waals surface area contributed by atoms with Crippen molar-refractivity contribution < 1.29 is 0 Å². The molecule has 1 atom stereocenters. The van der Waals surface area contributed by atoms with Gasteiger partial charge in [0.2, 0.25) is 0 Å². The lowest BCUT2D eigenvalue weighted by molar-refractivity contribution is 0.218. The summed E-state index contributed by atoms with van der Waals surface area (Å²) in [6.45, 7) is 7.01. The Balaban J connectivity index is 2.08. The molecule has 0 aliphatic heterocycles. The molecule has 0 aromatic carbocycles. The molecule has 0 bridgehead atoms. The third-order valence-electron chi connectivity index (χ3n) is 4.02. The average Bonchev–Trinajstić information content (AvgIpc) is 2.66. The van der Waals surface area contributed by atoms with Gasteiger partial charge >= 0.3 is 0 Å². The predicted molar refractivity (Wildman–Crippen MR) is 77.4 cm³/mol. The van der Waals surface area contributed by atoms with Gasteiger partial charge in [0.05, 0.1) is 5.39 Å². The van der Waals surface area contributed by atoms with Crippen LogP contribution in [0, 0.1) is 11.3 Å². The number of thiophene rings is 1. The molecule has 0 amide bonds. The summed E-state index contributed by atoms with van der Waals surface area (Å²) in [7, 11) is 0. The molecule has 1 aliphatic carbocycles. The second kappa shape index (κ2) is 4.17. The molecule has 4 heteroatoms. The molecule has 2 heterocycles. The summed E-state index contributed by atoms with van der Waals surface area (Å²) in [6.07, 6.45) is 5.09. The van der Waals surface area contributed by atoms with E-state index in [4.69, 9.17) is 11.6 Å². The molecular weight excluding hydrogens is 264 g/mol. The Bertz CT molecular complexity index is 598. The van der Waals surface area contributed by atoms with Gasteiger partial charge < -0.3 is 0 Å². The maximum Gasteiger partial charge on any atom is 0.141 e. The summed E-state index contributed by atoms with van der Waals surface area (Å²) < 4.78 is 0. The SMILES string of the molecule is CC(C)(C)[C@H]1CCc2c(sc3ncnc(Cl)c23)C1. The fourth-order valence-electron chi connectivity index (χ4n) is 2.81. The van der Waals surface area contributed by atoms with E-state index >= 15 is 0 Å². The second-order valence-corrected chi connectivity index (χ2v) is 7.60. The number of fused-ring (bicyclic) bond motifs is 3. The second-order valence-electron chi connectivity index (χ2n) is 6.15. The summed E-state index contributed by atoms with van der Waals surface area (Å²) >= 11 is 8.02. The molecule has 18 heavy (non-hydrogen) atoms. The van der Waals surface area contributed by atoms with Gasteiger partial charge in [-0.05, 0) is 36.2 Å². The first-order valence-corrected chi connectivity index (χ1v) is 7.57. The summed E-state index contributed by atoms with van der Waals surface area (Å²) in [6, 6.07) is 0. The summed E-state index contributed by atoms with van der Waals surface area (Å²) in [5, 5.41) is 1.72. The molecule has 2 nitrogen and oxygen atoms in total. The molecule has 0 spiro atoms. The van der Waals surface area contributed by atoms with Crippen molar-refractivity contribution in [2.24, 2.45) is 11.3 Å². The zero-order valence-corrected chi connectivity index (χ0v) is 12.5. The molecule has 3 rings (SSSR count). The number of aromatic nitrogens is 2. The van der Waals surface area contributed by atoms with Crippen LogP contribution in [-0.4, -0.2) is 9.97 Å². The Morgan fingerprint density at radius 2 is 2.11 bits per heavy atom. The van der Waals surface area contributed by atoms with Crippen LogP contribution in [0.5, 0.6) is 0 Å². The molecular formula is C14H17ClN2S. The van der Waals surface area contributed by atoms with Gasteiger partial charge in [-0.2, -0.15) is 0 Å². The minimum absolute atomic E-state index is 0.378. The highest BCUT2D eigenvalue weighted by Crippen LogP contribution is 2.43. The highest BCUT2D eigenvalue weighted by molar-refractivity contribution is 7.19. The standard InChI is InChI=1S/C14H17ClN2S/c1-14(2,3)8-4-5-9-10(6-8)18-13-11(9)12(15)16-7-17-13/h7-8H,4-6H2,1-3H3/t8-/m0/s1. The van der Waals surface area contributed by atoms with Gasteiger partial charge in [0.25, 0.3) is 0 Å². The fraction of sp³-hybridized carbons (Fsp3) is 0.571. The van der Waals surface area contributed by atoms with Gasteiger partial charge in [-0.15, -0.1) is 11.3 Å². The van der Waals surface area contributed by atoms with Crippen LogP contribution in [0.3, 0.4) is 0 Å². The van der Waals surface area contributed by atoms with Crippen molar-refractivity contribution in [3.05, 3.63) is 21.9 Å². The third kappa shape index (κ3) is 1.94. The van der Waals surface area contributed by atoms with Crippen LogP contribution in [-0.2, 0) is 12.8 Å². The van der Waals surface area contributed by atoms with E-state index in [-0.39, 0.29) is 0 Å². The smallest absolute Gasteiger partial charge is 0.141 e. The van der Waals surface area contributed by atoms with Crippen LogP contribution < -0.4 is 0 Å². The summed E-state index contributed by atoms with van der Waals surface area (Å²) in [5.41, 5.74) is 1.78. The van der Waals surface area contributed by atoms with Crippen molar-refractivity contribution in [3.8, 4) is 0 Å². The van der Waals surface area contributed by atoms with Gasteiger partial charge in [0.15, 0.2) is 0 Å². The largest absolute Gasteiger partial charge is 0.225 e. The number of hydrogen-bond donors (Lipinski definition) is 0. The van der Waals surface area contributed by atoms with Crippen molar-refractivity contribution >= 4 is 33.2 Å². The molecule has 2 aromatic heterocycles. The van der Waals surface area contributed by atoms with Crippen LogP contribution in [0.2, 0.25) is 5.15 Å². The van der Waals surface area contributed by atoms with Crippen molar-refractivity contribution in [2.75, 3.05) is 0 Å². The monoisotopic (exact) mass is 280 g/mol. The topological polar surface area (TPSA) is 25.8 Å². The molecule has 0 radical (unpaired) electrons. The van der Waals surface area contributed by atoms with Gasteiger partial charge in [0, 0.05) is 4.88 Å². The Hall–Kier alpha value is -0.670. The molecule has 0 saturated carbocycles. The minimum atomic E-state index is 0.378. The van der Waals surface area contributed by atoms with Crippen LogP contribution in [0.25, 0.3) is 10.2 Å². The Labute approximate surface area is 116 Å². The van der Waals surface area contributed by atoms with Crippen molar-refractivity contribution in [3.63, 3.8) is 0 Å². The zero-order valence-electron chi connectivity index (χ0n) is 11.0. The van der Waals surface area contributed by atoms with E-state index in [1.807, 2.05) is 0 Å². The first-order chi connectivity index (χ1) is 8.47. The van der Waals surface area contributed by atoms with Crippen LogP contribution in [0.1, 0.15) is 37.6 Å². The number of aryl methyl sites for hydroxylation is 1. The van der Waals surface area contributed by atoms with Gasteiger partial charge in [-0.25, -0.2) is 9.97 Å². The molecule has 96 valence electrons. The van der Waals surface area contributed by atoms with E-state index in [1.165, 1.54) is 16.9 Å². The van der Waals surface area contributed by atoms with Crippen LogP contribution in [0.15, 0.2) is 6.33 Å². The van der Waals surface area contributed by atoms with Crippen LogP contribution in [0.4, 0.5) is 0 Å². The first kappa shape index (κ1) is 12.4. The Morgan fingerprint density at radius 1 is 1.33 bits per heavy atom. The predicted octanol–water partition coefficient (Wildman–Crippen LogP) is 4.50. The fourth-order valence-corrected chi connectivity index (χ4v) is 4.38. The molecule has 2 aromatic rings. The van der Waals surface area contributed by atoms with E-state index in [0.29, 0.717) is 10.6 Å². The molecule has 0 fully saturated rings. The quantitative estimate of drug-likeness (QED) is 0.664. The normalized spacial score (nSPS) is 20.1. The van der Waals surface area contributed by atoms with Crippen molar-refractivity contribution in [1.82, 2.24) is 9.97 Å². The zero-order chi connectivity index (χ0) is 12.9. The highest BCUT2D eigenvalue weighted by Gasteiger charge is 2.31. The molecule has 0 saturated heterocycles. The van der Waals surface area contributed by atoms with Crippen molar-refractivity contribution in [1.29, 1.82) is 0 Å². The van der Waals surface area contributed by atoms with Gasteiger partial charge in [0.1, 0.15) is 16.3 Å². The molecule has 0 N–H and O–H groups in total. The number of rotatable bonds is 0. The average molecular weight is 281 g/mol. The lowest BCUT2D eigenvalue weighted by Gasteiger charge is -2.33. The maximum atomic E-state index is 6.22. The number of nitrogens with zero attached hydrogens (tertiary/aromatic N) is 2. The highest BCUT2D eigenvalue weighted by atomic mass is 35.5. The van der Waals surface area contributed by atoms with E-state index in [9.17, 15) is 0 Å². The minimum Gasteiger partial charge on any atom is -0.225 e. The van der Waals surface area contributed by atoms with Gasteiger partial charge in [-0.1, -0.05) is 32.4 Å². The molecule has 0 unspecified atom stereocenters. The van der Waals surface area contributed by atoms with Gasteiger partial charge in [-0.3, -0.25) is 0 Å². The Kier molecular flexibility index (Phi) is 2.87. The third-order valence-corrected chi connectivity index (χ3v) is 5.47. The van der Waals surface area contributed by atoms with Crippen LogP contribution >= 0.6 is 22.9 Å². The first-order valence-electron chi connectivity index (χ1n) is 6.37. The van der Waals surface area contributed by atoms with E-state index in [1.54, 1.807) is 17.7 Å². The maximum absolute atomic E-state index is 6.22. The van der Waals surface area contributed by atoms with E-state index in [2.05, 4.69) is 30.7 Å². The summed E-state index contributed by atoms with van der Waals surface area (Å²) in [5.74, 6) is 0.754. The number of hydrogen-bond acceptors (Lipinski definition) is 3. The summed E-state index contributed by atoms with van der Waals surface area (Å²) in [4.78, 5) is 11.0. The lowest BCUT2D eigenvalue weighted by atomic mass is 9.72. The molecule has 1 aliphatic rings. The van der Waals surface area contributed by atoms with E-state index < -0.39 is 0 Å². The number of halogens is 1. The van der Waals surface area contributed by atoms with E-state index in [0.717, 1.165) is 29.0 Å². The van der Waals surface area contributed by atoms with Crippen molar-refractivity contribution in [2.45, 2.75) is 40.0 Å². The Morgan fingerprint density at radius 3 is 2.83 bits per heavy atom.